The van der Waals surface area contributed by atoms with E-state index in [9.17, 15) is 4.39 Å². The Hall–Kier alpha value is -1.03. The summed E-state index contributed by atoms with van der Waals surface area (Å²) in [6.45, 7) is 0.227. The van der Waals surface area contributed by atoms with E-state index in [1.807, 2.05) is 30.3 Å². The molecule has 2 aromatic carbocycles. The highest BCUT2D eigenvalue weighted by molar-refractivity contribution is 7.98. The first-order valence-corrected chi connectivity index (χ1v) is 6.91. The second-order valence-corrected chi connectivity index (χ2v) is 5.36. The summed E-state index contributed by atoms with van der Waals surface area (Å²) >= 11 is 7.51. The molecule has 0 saturated heterocycles. The maximum absolute atomic E-state index is 13.3. The number of hydrogen-bond acceptors (Lipinski definition) is 2. The second-order valence-electron chi connectivity index (χ2n) is 3.87. The predicted octanol–water partition coefficient (Wildman–Crippen LogP) is 4.23. The van der Waals surface area contributed by atoms with Crippen molar-refractivity contribution in [3.63, 3.8) is 0 Å². The van der Waals surface area contributed by atoms with Gasteiger partial charge in [-0.2, -0.15) is 0 Å². The molecule has 2 rings (SSSR count). The third-order valence-electron chi connectivity index (χ3n) is 2.55. The number of halogens is 2. The van der Waals surface area contributed by atoms with Gasteiger partial charge in [-0.3, -0.25) is 0 Å². The van der Waals surface area contributed by atoms with Gasteiger partial charge in [0.05, 0.1) is 0 Å². The van der Waals surface area contributed by atoms with Crippen LogP contribution in [0.2, 0.25) is 5.02 Å². The van der Waals surface area contributed by atoms with Crippen molar-refractivity contribution in [1.29, 1.82) is 0 Å². The summed E-state index contributed by atoms with van der Waals surface area (Å²) in [6, 6.07) is 12.7. The van der Waals surface area contributed by atoms with E-state index in [0.717, 1.165) is 21.2 Å². The van der Waals surface area contributed by atoms with Crippen LogP contribution in [0.4, 0.5) is 4.39 Å². The summed E-state index contributed by atoms with van der Waals surface area (Å²) in [5, 5.41) is 0.728. The van der Waals surface area contributed by atoms with Crippen LogP contribution in [0.1, 0.15) is 11.1 Å². The van der Waals surface area contributed by atoms with Gasteiger partial charge >= 0.3 is 0 Å². The second kappa shape index (κ2) is 6.23. The largest absolute Gasteiger partial charge is 0.326 e. The first-order chi connectivity index (χ1) is 8.69. The average Bonchev–Trinajstić information content (AvgIpc) is 2.39. The molecule has 0 saturated carbocycles. The highest BCUT2D eigenvalue weighted by Crippen LogP contribution is 2.25. The Morgan fingerprint density at radius 2 is 1.83 bits per heavy atom. The van der Waals surface area contributed by atoms with Crippen molar-refractivity contribution in [3.8, 4) is 0 Å². The third kappa shape index (κ3) is 3.48. The lowest BCUT2D eigenvalue weighted by Crippen LogP contribution is -2.00. The lowest BCUT2D eigenvalue weighted by atomic mass is 10.1. The topological polar surface area (TPSA) is 26.0 Å². The van der Waals surface area contributed by atoms with Crippen LogP contribution in [-0.2, 0) is 12.3 Å². The van der Waals surface area contributed by atoms with Crippen molar-refractivity contribution in [2.45, 2.75) is 17.2 Å². The van der Waals surface area contributed by atoms with Gasteiger partial charge in [0, 0.05) is 27.8 Å². The first kappa shape index (κ1) is 13.4. The molecule has 0 aliphatic heterocycles. The van der Waals surface area contributed by atoms with E-state index in [4.69, 9.17) is 17.3 Å². The fourth-order valence-electron chi connectivity index (χ4n) is 1.57. The van der Waals surface area contributed by atoms with Crippen LogP contribution in [0, 0.1) is 5.82 Å². The molecule has 0 aliphatic carbocycles. The minimum atomic E-state index is -0.238. The molecule has 0 heterocycles. The zero-order valence-corrected chi connectivity index (χ0v) is 11.3. The van der Waals surface area contributed by atoms with Crippen LogP contribution in [0.3, 0.4) is 0 Å². The van der Waals surface area contributed by atoms with E-state index in [-0.39, 0.29) is 12.4 Å². The van der Waals surface area contributed by atoms with E-state index in [2.05, 4.69) is 0 Å². The number of hydrogen-bond donors (Lipinski definition) is 1. The summed E-state index contributed by atoms with van der Waals surface area (Å²) in [7, 11) is 0. The molecular formula is C14H13ClFNS. The summed E-state index contributed by atoms with van der Waals surface area (Å²) in [4.78, 5) is 1.14. The Bertz CT molecular complexity index is 528. The molecule has 94 valence electrons. The van der Waals surface area contributed by atoms with Crippen LogP contribution < -0.4 is 5.73 Å². The lowest BCUT2D eigenvalue weighted by molar-refractivity contribution is 0.610. The van der Waals surface area contributed by atoms with Gasteiger partial charge in [-0.1, -0.05) is 23.7 Å². The molecular weight excluding hydrogens is 269 g/mol. The lowest BCUT2D eigenvalue weighted by Gasteiger charge is -2.05. The summed E-state index contributed by atoms with van der Waals surface area (Å²) < 4.78 is 13.3. The number of thioether (sulfide) groups is 1. The molecule has 2 aromatic rings. The Kier molecular flexibility index (Phi) is 4.64. The maximum Gasteiger partial charge on any atom is 0.127 e. The maximum atomic E-state index is 13.3. The standard InChI is InChI=1S/C14H13ClFNS/c15-12-2-4-13(5-3-12)18-9-10-1-6-14(16)11(7-10)8-17/h1-7H,8-9,17H2. The quantitative estimate of drug-likeness (QED) is 0.849. The van der Waals surface area contributed by atoms with Crippen molar-refractivity contribution < 1.29 is 4.39 Å². The van der Waals surface area contributed by atoms with E-state index >= 15 is 0 Å². The van der Waals surface area contributed by atoms with Crippen LogP contribution in [0.15, 0.2) is 47.4 Å². The molecule has 18 heavy (non-hydrogen) atoms. The van der Waals surface area contributed by atoms with Gasteiger partial charge in [-0.15, -0.1) is 11.8 Å². The van der Waals surface area contributed by atoms with Crippen molar-refractivity contribution in [3.05, 3.63) is 64.4 Å². The van der Waals surface area contributed by atoms with Crippen molar-refractivity contribution in [1.82, 2.24) is 0 Å². The predicted molar refractivity (Wildman–Crippen MR) is 75.3 cm³/mol. The number of benzene rings is 2. The van der Waals surface area contributed by atoms with Crippen LogP contribution in [0.5, 0.6) is 0 Å². The SMILES string of the molecule is NCc1cc(CSc2ccc(Cl)cc2)ccc1F. The minimum Gasteiger partial charge on any atom is -0.326 e. The molecule has 0 atom stereocenters. The molecule has 0 unspecified atom stereocenters. The average molecular weight is 282 g/mol. The van der Waals surface area contributed by atoms with E-state index < -0.39 is 0 Å². The molecule has 0 aliphatic rings. The summed E-state index contributed by atoms with van der Waals surface area (Å²) in [5.74, 6) is 0.548. The Morgan fingerprint density at radius 1 is 1.11 bits per heavy atom. The molecule has 0 fully saturated rings. The molecule has 0 radical (unpaired) electrons. The Morgan fingerprint density at radius 3 is 2.50 bits per heavy atom. The zero-order chi connectivity index (χ0) is 13.0. The Balaban J connectivity index is 2.04. The van der Waals surface area contributed by atoms with Crippen LogP contribution >= 0.6 is 23.4 Å². The fraction of sp³-hybridized carbons (Fsp3) is 0.143. The van der Waals surface area contributed by atoms with Crippen LogP contribution in [-0.4, -0.2) is 0 Å². The van der Waals surface area contributed by atoms with Crippen molar-refractivity contribution in [2.24, 2.45) is 5.73 Å². The number of rotatable bonds is 4. The zero-order valence-electron chi connectivity index (χ0n) is 9.70. The van der Waals surface area contributed by atoms with Gasteiger partial charge in [0.25, 0.3) is 0 Å². The molecule has 0 bridgehead atoms. The Labute approximate surface area is 115 Å². The van der Waals surface area contributed by atoms with Crippen molar-refractivity contribution >= 4 is 23.4 Å². The normalized spacial score (nSPS) is 10.6. The van der Waals surface area contributed by atoms with Crippen molar-refractivity contribution in [2.75, 3.05) is 0 Å². The van der Waals surface area contributed by atoms with Gasteiger partial charge in [0.15, 0.2) is 0 Å². The first-order valence-electron chi connectivity index (χ1n) is 5.55. The van der Waals surface area contributed by atoms with E-state index in [0.29, 0.717) is 5.56 Å². The van der Waals surface area contributed by atoms with Gasteiger partial charge < -0.3 is 5.73 Å². The van der Waals surface area contributed by atoms with Gasteiger partial charge in [-0.25, -0.2) is 4.39 Å². The number of nitrogens with two attached hydrogens (primary N) is 1. The molecule has 2 N–H and O–H groups in total. The van der Waals surface area contributed by atoms with Gasteiger partial charge in [0.2, 0.25) is 0 Å². The summed E-state index contributed by atoms with van der Waals surface area (Å²) in [6.07, 6.45) is 0. The fourth-order valence-corrected chi connectivity index (χ4v) is 2.54. The highest BCUT2D eigenvalue weighted by atomic mass is 35.5. The van der Waals surface area contributed by atoms with Gasteiger partial charge in [-0.05, 0) is 35.9 Å². The van der Waals surface area contributed by atoms with E-state index in [1.165, 1.54) is 6.07 Å². The molecule has 0 amide bonds. The van der Waals surface area contributed by atoms with E-state index in [1.54, 1.807) is 17.8 Å². The smallest absolute Gasteiger partial charge is 0.127 e. The third-order valence-corrected chi connectivity index (χ3v) is 3.88. The molecule has 0 aromatic heterocycles. The summed E-state index contributed by atoms with van der Waals surface area (Å²) in [5.41, 5.74) is 7.11. The molecule has 4 heteroatoms. The molecule has 1 nitrogen and oxygen atoms in total. The highest BCUT2D eigenvalue weighted by Gasteiger charge is 2.02. The minimum absolute atomic E-state index is 0.227. The van der Waals surface area contributed by atoms with Gasteiger partial charge in [0.1, 0.15) is 5.82 Å². The molecule has 0 spiro atoms. The monoisotopic (exact) mass is 281 g/mol. The van der Waals surface area contributed by atoms with Crippen LogP contribution in [0.25, 0.3) is 0 Å².